The first-order valence-electron chi connectivity index (χ1n) is 7.36. The number of hydrogen-bond acceptors (Lipinski definition) is 0. The van der Waals surface area contributed by atoms with Gasteiger partial charge in [0.05, 0.1) is 0 Å². The average Bonchev–Trinajstić information content (AvgIpc) is 2.43. The summed E-state index contributed by atoms with van der Waals surface area (Å²) in [5, 5.41) is 1.04. The fourth-order valence-electron chi connectivity index (χ4n) is 2.96. The predicted octanol–water partition coefficient (Wildman–Crippen LogP) is 6.17. The quantitative estimate of drug-likeness (QED) is 0.518. The molecule has 0 aliphatic heterocycles. The van der Waals surface area contributed by atoms with Gasteiger partial charge in [0.15, 0.2) is 0 Å². The number of aryl methyl sites for hydroxylation is 3. The van der Waals surface area contributed by atoms with Gasteiger partial charge >= 0.3 is 0 Å². The normalized spacial score (nSPS) is 12.4. The van der Waals surface area contributed by atoms with Gasteiger partial charge in [-0.25, -0.2) is 0 Å². The zero-order chi connectivity index (χ0) is 15.4. The molecule has 1 atom stereocenters. The standard InChI is InChI=1S/C19H22Br2/c1-13-8-14(2)19(15(3)9-13)11-17(12-20)10-16-4-6-18(21)7-5-16/h4-9,17H,10-12H2,1-3H3. The monoisotopic (exact) mass is 408 g/mol. The van der Waals surface area contributed by atoms with Crippen LogP contribution in [0.3, 0.4) is 0 Å². The lowest BCUT2D eigenvalue weighted by atomic mass is 9.89. The predicted molar refractivity (Wildman–Crippen MR) is 99.5 cm³/mol. The van der Waals surface area contributed by atoms with Gasteiger partial charge in [-0.1, -0.05) is 61.7 Å². The van der Waals surface area contributed by atoms with Gasteiger partial charge in [0, 0.05) is 9.80 Å². The van der Waals surface area contributed by atoms with Gasteiger partial charge in [-0.15, -0.1) is 0 Å². The van der Waals surface area contributed by atoms with Crippen LogP contribution in [0.15, 0.2) is 40.9 Å². The molecule has 2 rings (SSSR count). The third-order valence-electron chi connectivity index (χ3n) is 3.99. The topological polar surface area (TPSA) is 0 Å². The Labute approximate surface area is 145 Å². The van der Waals surface area contributed by atoms with Crippen LogP contribution in [0.4, 0.5) is 0 Å². The largest absolute Gasteiger partial charge is 0.0925 e. The lowest BCUT2D eigenvalue weighted by Crippen LogP contribution is -2.12. The molecular formula is C19H22Br2. The molecule has 0 heterocycles. The van der Waals surface area contributed by atoms with E-state index in [1.807, 2.05) is 0 Å². The van der Waals surface area contributed by atoms with Crippen molar-refractivity contribution in [3.8, 4) is 0 Å². The number of alkyl halides is 1. The second-order valence-corrected chi connectivity index (χ2v) is 7.50. The Bertz CT molecular complexity index is 576. The number of benzene rings is 2. The van der Waals surface area contributed by atoms with E-state index in [1.54, 1.807) is 0 Å². The van der Waals surface area contributed by atoms with E-state index in [9.17, 15) is 0 Å². The van der Waals surface area contributed by atoms with Crippen molar-refractivity contribution in [1.29, 1.82) is 0 Å². The molecule has 0 amide bonds. The Morgan fingerprint density at radius 1 is 0.905 bits per heavy atom. The third-order valence-corrected chi connectivity index (χ3v) is 5.43. The summed E-state index contributed by atoms with van der Waals surface area (Å²) in [4.78, 5) is 0. The van der Waals surface area contributed by atoms with Crippen molar-refractivity contribution >= 4 is 31.9 Å². The van der Waals surface area contributed by atoms with Crippen LogP contribution in [-0.2, 0) is 12.8 Å². The molecule has 0 nitrogen and oxygen atoms in total. The first kappa shape index (κ1) is 16.8. The van der Waals surface area contributed by atoms with Crippen LogP contribution in [-0.4, -0.2) is 5.33 Å². The first-order chi connectivity index (χ1) is 9.99. The highest BCUT2D eigenvalue weighted by molar-refractivity contribution is 9.10. The fourth-order valence-corrected chi connectivity index (χ4v) is 3.68. The van der Waals surface area contributed by atoms with Gasteiger partial charge < -0.3 is 0 Å². The molecule has 0 bridgehead atoms. The molecule has 1 unspecified atom stereocenters. The van der Waals surface area contributed by atoms with Crippen molar-refractivity contribution < 1.29 is 0 Å². The molecule has 112 valence electrons. The summed E-state index contributed by atoms with van der Waals surface area (Å²) < 4.78 is 1.15. The lowest BCUT2D eigenvalue weighted by molar-refractivity contribution is 0.587. The minimum Gasteiger partial charge on any atom is -0.0925 e. The zero-order valence-electron chi connectivity index (χ0n) is 12.9. The van der Waals surface area contributed by atoms with Gasteiger partial charge in [-0.2, -0.15) is 0 Å². The first-order valence-corrected chi connectivity index (χ1v) is 9.28. The summed E-state index contributed by atoms with van der Waals surface area (Å²) in [6.45, 7) is 6.65. The number of rotatable bonds is 5. The molecule has 0 fully saturated rings. The molecule has 2 aromatic carbocycles. The maximum Gasteiger partial charge on any atom is 0.0175 e. The van der Waals surface area contributed by atoms with Crippen LogP contribution in [0.25, 0.3) is 0 Å². The summed E-state index contributed by atoms with van der Waals surface area (Å²) >= 11 is 7.20. The molecule has 0 aromatic heterocycles. The van der Waals surface area contributed by atoms with Crippen LogP contribution < -0.4 is 0 Å². The van der Waals surface area contributed by atoms with Crippen LogP contribution in [0.2, 0.25) is 0 Å². The van der Waals surface area contributed by atoms with E-state index in [4.69, 9.17) is 0 Å². The molecule has 0 aliphatic rings. The summed E-state index contributed by atoms with van der Waals surface area (Å²) in [7, 11) is 0. The smallest absolute Gasteiger partial charge is 0.0175 e. The highest BCUT2D eigenvalue weighted by atomic mass is 79.9. The van der Waals surface area contributed by atoms with E-state index < -0.39 is 0 Å². The zero-order valence-corrected chi connectivity index (χ0v) is 16.1. The van der Waals surface area contributed by atoms with E-state index in [0.29, 0.717) is 5.92 Å². The van der Waals surface area contributed by atoms with Crippen molar-refractivity contribution in [1.82, 2.24) is 0 Å². The fraction of sp³-hybridized carbons (Fsp3) is 0.368. The van der Waals surface area contributed by atoms with E-state index >= 15 is 0 Å². The summed E-state index contributed by atoms with van der Waals surface area (Å²) in [6.07, 6.45) is 2.25. The Morgan fingerprint density at radius 3 is 2.00 bits per heavy atom. The number of hydrogen-bond donors (Lipinski definition) is 0. The third kappa shape index (κ3) is 4.69. The Kier molecular flexibility index (Phi) is 6.07. The maximum atomic E-state index is 3.70. The van der Waals surface area contributed by atoms with Gasteiger partial charge in [-0.05, 0) is 73.9 Å². The van der Waals surface area contributed by atoms with E-state index in [1.165, 1.54) is 27.8 Å². The summed E-state index contributed by atoms with van der Waals surface area (Å²) in [5.74, 6) is 0.631. The molecule has 21 heavy (non-hydrogen) atoms. The van der Waals surface area contributed by atoms with Gasteiger partial charge in [-0.3, -0.25) is 0 Å². The molecule has 0 saturated carbocycles. The minimum absolute atomic E-state index is 0.631. The van der Waals surface area contributed by atoms with Crippen LogP contribution in [0.1, 0.15) is 27.8 Å². The molecule has 0 spiro atoms. The molecule has 0 aliphatic carbocycles. The number of halogens is 2. The molecule has 0 radical (unpaired) electrons. The van der Waals surface area contributed by atoms with E-state index in [2.05, 4.69) is 89.0 Å². The molecule has 0 N–H and O–H groups in total. The van der Waals surface area contributed by atoms with Crippen LogP contribution in [0, 0.1) is 26.7 Å². The molecular weight excluding hydrogens is 388 g/mol. The molecule has 2 aromatic rings. The van der Waals surface area contributed by atoms with Gasteiger partial charge in [0.2, 0.25) is 0 Å². The second kappa shape index (κ2) is 7.60. The Balaban J connectivity index is 2.14. The van der Waals surface area contributed by atoms with Gasteiger partial charge in [0.1, 0.15) is 0 Å². The van der Waals surface area contributed by atoms with Crippen molar-refractivity contribution in [2.24, 2.45) is 5.92 Å². The Morgan fingerprint density at radius 2 is 1.48 bits per heavy atom. The van der Waals surface area contributed by atoms with E-state index in [0.717, 1.165) is 22.6 Å². The minimum atomic E-state index is 0.631. The molecule has 0 saturated heterocycles. The molecule has 2 heteroatoms. The maximum absolute atomic E-state index is 3.70. The van der Waals surface area contributed by atoms with Crippen molar-refractivity contribution in [2.45, 2.75) is 33.6 Å². The highest BCUT2D eigenvalue weighted by Gasteiger charge is 2.13. The lowest BCUT2D eigenvalue weighted by Gasteiger charge is -2.18. The van der Waals surface area contributed by atoms with Crippen LogP contribution >= 0.6 is 31.9 Å². The van der Waals surface area contributed by atoms with Crippen molar-refractivity contribution in [3.63, 3.8) is 0 Å². The Hall–Kier alpha value is -0.600. The SMILES string of the molecule is Cc1cc(C)c(CC(CBr)Cc2ccc(Br)cc2)c(C)c1. The summed E-state index contributed by atoms with van der Waals surface area (Å²) in [6, 6.07) is 13.3. The van der Waals surface area contributed by atoms with Gasteiger partial charge in [0.25, 0.3) is 0 Å². The second-order valence-electron chi connectivity index (χ2n) is 5.93. The van der Waals surface area contributed by atoms with Crippen molar-refractivity contribution in [3.05, 3.63) is 68.7 Å². The highest BCUT2D eigenvalue weighted by Crippen LogP contribution is 2.23. The average molecular weight is 410 g/mol. The van der Waals surface area contributed by atoms with Crippen molar-refractivity contribution in [2.75, 3.05) is 5.33 Å². The summed E-state index contributed by atoms with van der Waals surface area (Å²) in [5.41, 5.74) is 7.13. The van der Waals surface area contributed by atoms with E-state index in [-0.39, 0.29) is 0 Å². The van der Waals surface area contributed by atoms with Crippen LogP contribution in [0.5, 0.6) is 0 Å².